The number of non-ortho nitro benzene ring substituents is 1. The minimum Gasteiger partial charge on any atom is -0.487 e. The number of carbonyl (C=O) groups excluding carboxylic acids is 1. The average Bonchev–Trinajstić information content (AvgIpc) is 3.01. The molecular formula is C19H11ClI2N2O5. The van der Waals surface area contributed by atoms with Crippen LogP contribution in [0.5, 0.6) is 5.75 Å². The summed E-state index contributed by atoms with van der Waals surface area (Å²) in [5.41, 5.74) is 0.788. The van der Waals surface area contributed by atoms with Gasteiger partial charge < -0.3 is 9.47 Å². The number of ether oxygens (including phenoxy) is 2. The number of cyclic esters (lactones) is 1. The largest absolute Gasteiger partial charge is 0.487 e. The zero-order valence-corrected chi connectivity index (χ0v) is 19.6. The molecule has 0 spiro atoms. The van der Waals surface area contributed by atoms with E-state index in [4.69, 9.17) is 21.1 Å². The second kappa shape index (κ2) is 9.22. The van der Waals surface area contributed by atoms with Gasteiger partial charge in [0.05, 0.1) is 22.6 Å². The summed E-state index contributed by atoms with van der Waals surface area (Å²) in [4.78, 5) is 26.9. The molecule has 0 N–H and O–H groups in total. The molecule has 0 bridgehead atoms. The molecule has 0 unspecified atom stereocenters. The molecular weight excluding hydrogens is 625 g/mol. The highest BCUT2D eigenvalue weighted by atomic mass is 127. The van der Waals surface area contributed by atoms with Gasteiger partial charge in [-0.2, -0.15) is 0 Å². The molecule has 0 amide bonds. The quantitative estimate of drug-likeness (QED) is 0.106. The molecule has 0 fully saturated rings. The van der Waals surface area contributed by atoms with Crippen LogP contribution in [0.2, 0.25) is 5.02 Å². The molecule has 1 aliphatic rings. The maximum Gasteiger partial charge on any atom is 0.363 e. The number of hydrogen-bond donors (Lipinski definition) is 0. The third kappa shape index (κ3) is 4.95. The van der Waals surface area contributed by atoms with E-state index in [2.05, 4.69) is 56.8 Å². The molecule has 7 nitrogen and oxygen atoms in total. The van der Waals surface area contributed by atoms with Gasteiger partial charge in [-0.3, -0.25) is 10.1 Å². The van der Waals surface area contributed by atoms with Crippen LogP contribution >= 0.6 is 56.8 Å². The van der Waals surface area contributed by atoms with E-state index in [-0.39, 0.29) is 27.9 Å². The minimum absolute atomic E-state index is 0.0638. The summed E-state index contributed by atoms with van der Waals surface area (Å²) in [6.07, 6.45) is 3.23. The van der Waals surface area contributed by atoms with Crippen molar-refractivity contribution in [3.8, 4) is 5.75 Å². The van der Waals surface area contributed by atoms with E-state index in [1.165, 1.54) is 18.2 Å². The number of esters is 1. The van der Waals surface area contributed by atoms with Gasteiger partial charge in [0.15, 0.2) is 5.70 Å². The Hall–Kier alpha value is -1.99. The van der Waals surface area contributed by atoms with E-state index in [9.17, 15) is 14.9 Å². The Labute approximate surface area is 197 Å². The number of nitrogens with zero attached hydrogens (tertiary/aromatic N) is 2. The van der Waals surface area contributed by atoms with Crippen molar-refractivity contribution in [2.45, 2.75) is 0 Å². The number of nitro benzene ring substituents is 1. The third-order valence-corrected chi connectivity index (χ3v) is 5.61. The van der Waals surface area contributed by atoms with Gasteiger partial charge in [0, 0.05) is 12.1 Å². The average molecular weight is 637 g/mol. The molecule has 3 rings (SSSR count). The van der Waals surface area contributed by atoms with Gasteiger partial charge in [0.25, 0.3) is 5.69 Å². The number of benzene rings is 2. The second-order valence-corrected chi connectivity index (χ2v) is 8.40. The molecule has 2 aromatic carbocycles. The SMILES string of the molecule is C=CCOc1c(I)cc(/C=C2\N=C(c3cc([N+](=O)[O-])ccc3Cl)OC2=O)cc1I. The van der Waals surface area contributed by atoms with Crippen molar-refractivity contribution in [3.63, 3.8) is 0 Å². The highest BCUT2D eigenvalue weighted by molar-refractivity contribution is 14.1. The van der Waals surface area contributed by atoms with E-state index < -0.39 is 10.9 Å². The number of halogens is 3. The van der Waals surface area contributed by atoms with Crippen LogP contribution in [0, 0.1) is 17.3 Å². The fourth-order valence-electron chi connectivity index (χ4n) is 2.42. The normalized spacial score (nSPS) is 14.5. The summed E-state index contributed by atoms with van der Waals surface area (Å²) in [7, 11) is 0. The third-order valence-electron chi connectivity index (χ3n) is 3.68. The van der Waals surface area contributed by atoms with Crippen molar-refractivity contribution in [3.05, 3.63) is 82.1 Å². The van der Waals surface area contributed by atoms with Crippen molar-refractivity contribution in [2.24, 2.45) is 4.99 Å². The minimum atomic E-state index is -0.667. The zero-order chi connectivity index (χ0) is 21.1. The van der Waals surface area contributed by atoms with Gasteiger partial charge in [0.2, 0.25) is 5.90 Å². The lowest BCUT2D eigenvalue weighted by Crippen LogP contribution is -2.06. The lowest BCUT2D eigenvalue weighted by Gasteiger charge is -2.09. The smallest absolute Gasteiger partial charge is 0.363 e. The highest BCUT2D eigenvalue weighted by Gasteiger charge is 2.27. The molecule has 0 saturated carbocycles. The van der Waals surface area contributed by atoms with Crippen LogP contribution in [0.3, 0.4) is 0 Å². The van der Waals surface area contributed by atoms with Crippen LogP contribution in [-0.4, -0.2) is 23.4 Å². The molecule has 0 aromatic heterocycles. The van der Waals surface area contributed by atoms with Crippen molar-refractivity contribution in [1.82, 2.24) is 0 Å². The van der Waals surface area contributed by atoms with Crippen LogP contribution in [-0.2, 0) is 9.53 Å². The molecule has 0 atom stereocenters. The van der Waals surface area contributed by atoms with Crippen LogP contribution < -0.4 is 4.74 Å². The summed E-state index contributed by atoms with van der Waals surface area (Å²) in [5, 5.41) is 11.2. The molecule has 0 saturated heterocycles. The van der Waals surface area contributed by atoms with Gasteiger partial charge in [-0.05, 0) is 75.0 Å². The van der Waals surface area contributed by atoms with Gasteiger partial charge in [-0.15, -0.1) is 0 Å². The molecule has 1 heterocycles. The number of aliphatic imine (C=N–C) groups is 1. The number of nitro groups is 1. The molecule has 1 aliphatic heterocycles. The summed E-state index contributed by atoms with van der Waals surface area (Å²) < 4.78 is 12.5. The van der Waals surface area contributed by atoms with Crippen molar-refractivity contribution < 1.29 is 19.2 Å². The lowest BCUT2D eigenvalue weighted by molar-refractivity contribution is -0.384. The zero-order valence-electron chi connectivity index (χ0n) is 14.5. The number of carbonyl (C=O) groups is 1. The van der Waals surface area contributed by atoms with Gasteiger partial charge in [0.1, 0.15) is 12.4 Å². The first-order chi connectivity index (χ1) is 13.8. The molecule has 0 aliphatic carbocycles. The Bertz CT molecular complexity index is 1070. The molecule has 0 radical (unpaired) electrons. The van der Waals surface area contributed by atoms with Crippen LogP contribution in [0.25, 0.3) is 6.08 Å². The van der Waals surface area contributed by atoms with Gasteiger partial charge in [-0.25, -0.2) is 9.79 Å². The Morgan fingerprint density at radius 1 is 1.28 bits per heavy atom. The van der Waals surface area contributed by atoms with Gasteiger partial charge in [-0.1, -0.05) is 24.3 Å². The molecule has 10 heteroatoms. The predicted octanol–water partition coefficient (Wildman–Crippen LogP) is 5.37. The van der Waals surface area contributed by atoms with E-state index in [0.717, 1.165) is 18.5 Å². The summed E-state index contributed by atoms with van der Waals surface area (Å²) >= 11 is 10.4. The Balaban J connectivity index is 1.96. The Morgan fingerprint density at radius 2 is 1.97 bits per heavy atom. The maximum absolute atomic E-state index is 12.2. The molecule has 2 aromatic rings. The Kier molecular flexibility index (Phi) is 6.90. The summed E-state index contributed by atoms with van der Waals surface area (Å²) in [6.45, 7) is 4.02. The second-order valence-electron chi connectivity index (χ2n) is 5.67. The van der Waals surface area contributed by atoms with Crippen molar-refractivity contribution in [2.75, 3.05) is 6.61 Å². The number of hydrogen-bond acceptors (Lipinski definition) is 6. The maximum atomic E-state index is 12.2. The van der Waals surface area contributed by atoms with Crippen LogP contribution in [0.15, 0.2) is 53.7 Å². The summed E-state index contributed by atoms with van der Waals surface area (Å²) in [6, 6.07) is 7.53. The summed E-state index contributed by atoms with van der Waals surface area (Å²) in [5.74, 6) is -0.0142. The highest BCUT2D eigenvalue weighted by Crippen LogP contribution is 2.31. The van der Waals surface area contributed by atoms with E-state index in [0.29, 0.717) is 6.61 Å². The first-order valence-electron chi connectivity index (χ1n) is 7.99. The van der Waals surface area contributed by atoms with E-state index in [1.807, 2.05) is 12.1 Å². The first-order valence-corrected chi connectivity index (χ1v) is 10.5. The van der Waals surface area contributed by atoms with E-state index in [1.54, 1.807) is 12.2 Å². The van der Waals surface area contributed by atoms with Crippen molar-refractivity contribution >= 4 is 80.4 Å². The van der Waals surface area contributed by atoms with Crippen molar-refractivity contribution in [1.29, 1.82) is 0 Å². The van der Waals surface area contributed by atoms with E-state index >= 15 is 0 Å². The standard InChI is InChI=1S/C19H11ClI2N2O5/c1-2-5-28-17-14(21)6-10(7-15(17)22)8-16-19(25)29-18(23-16)12-9-11(24(26)27)3-4-13(12)20/h2-4,6-9H,1,5H2/b16-8-. The monoisotopic (exact) mass is 636 g/mol. The fourth-order valence-corrected chi connectivity index (χ4v) is 4.74. The Morgan fingerprint density at radius 3 is 2.59 bits per heavy atom. The molecule has 29 heavy (non-hydrogen) atoms. The lowest BCUT2D eigenvalue weighted by atomic mass is 10.2. The molecule has 148 valence electrons. The van der Waals surface area contributed by atoms with Gasteiger partial charge >= 0.3 is 5.97 Å². The predicted molar refractivity (Wildman–Crippen MR) is 126 cm³/mol. The number of rotatable bonds is 6. The van der Waals surface area contributed by atoms with Crippen LogP contribution in [0.4, 0.5) is 5.69 Å². The topological polar surface area (TPSA) is 91.0 Å². The fraction of sp³-hybridized carbons (Fsp3) is 0.0526. The van der Waals surface area contributed by atoms with Crippen LogP contribution in [0.1, 0.15) is 11.1 Å². The first kappa shape index (κ1) is 21.7.